The van der Waals surface area contributed by atoms with Crippen LogP contribution in [0, 0.1) is 0 Å². The highest BCUT2D eigenvalue weighted by atomic mass is 32.1. The van der Waals surface area contributed by atoms with E-state index >= 15 is 0 Å². The first-order valence-corrected chi connectivity index (χ1v) is 15.5. The second-order valence-corrected chi connectivity index (χ2v) is 12.4. The maximum Gasteiger partial charge on any atom is 0.0633 e. The number of benzene rings is 7. The molecule has 0 saturated heterocycles. The van der Waals surface area contributed by atoms with Crippen LogP contribution in [0.15, 0.2) is 146 Å². The van der Waals surface area contributed by atoms with Crippen LogP contribution < -0.4 is 0 Å². The second-order valence-electron chi connectivity index (χ2n) is 11.3. The summed E-state index contributed by atoms with van der Waals surface area (Å²) in [7, 11) is 0. The van der Waals surface area contributed by atoms with Gasteiger partial charge in [0.05, 0.1) is 22.1 Å². The number of rotatable bonds is 2. The Hall–Kier alpha value is -5.38. The summed E-state index contributed by atoms with van der Waals surface area (Å²) in [4.78, 5) is 0. The van der Waals surface area contributed by atoms with Crippen LogP contribution in [0.1, 0.15) is 0 Å². The Morgan fingerprint density at radius 2 is 1.00 bits per heavy atom. The summed E-state index contributed by atoms with van der Waals surface area (Å²) in [5.74, 6) is 0. The van der Waals surface area contributed by atoms with Crippen molar-refractivity contribution in [1.29, 1.82) is 0 Å². The van der Waals surface area contributed by atoms with Crippen molar-refractivity contribution in [3.63, 3.8) is 0 Å². The van der Waals surface area contributed by atoms with Crippen LogP contribution in [0.25, 0.3) is 85.9 Å². The lowest BCUT2D eigenvalue weighted by Gasteiger charge is -2.12. The van der Waals surface area contributed by atoms with Crippen LogP contribution in [0.5, 0.6) is 0 Å². The summed E-state index contributed by atoms with van der Waals surface area (Å²) in [5, 5.41) is 10.4. The van der Waals surface area contributed by atoms with Gasteiger partial charge in [-0.15, -0.1) is 11.3 Å². The van der Waals surface area contributed by atoms with Gasteiger partial charge in [-0.25, -0.2) is 0 Å². The highest BCUT2D eigenvalue weighted by molar-refractivity contribution is 7.26. The molecule has 0 aliphatic rings. The number of hydrogen-bond donors (Lipinski definition) is 0. The third-order valence-corrected chi connectivity index (χ3v) is 10.3. The van der Waals surface area contributed by atoms with Gasteiger partial charge in [-0.05, 0) is 47.9 Å². The molecule has 3 heteroatoms. The van der Waals surface area contributed by atoms with Gasteiger partial charge < -0.3 is 9.13 Å². The molecule has 3 heterocycles. The molecule has 10 aromatic rings. The van der Waals surface area contributed by atoms with E-state index in [2.05, 4.69) is 155 Å². The van der Waals surface area contributed by atoms with Crippen LogP contribution in [-0.4, -0.2) is 9.13 Å². The van der Waals surface area contributed by atoms with E-state index in [0.717, 1.165) is 0 Å². The maximum atomic E-state index is 2.49. The first kappa shape index (κ1) is 23.2. The molecule has 0 bridgehead atoms. The van der Waals surface area contributed by atoms with Gasteiger partial charge >= 0.3 is 0 Å². The van der Waals surface area contributed by atoms with E-state index in [9.17, 15) is 0 Å². The van der Waals surface area contributed by atoms with E-state index in [4.69, 9.17) is 0 Å². The van der Waals surface area contributed by atoms with Crippen LogP contribution in [0.4, 0.5) is 0 Å². The van der Waals surface area contributed by atoms with E-state index in [-0.39, 0.29) is 0 Å². The maximum absolute atomic E-state index is 2.49. The molecule has 0 N–H and O–H groups in total. The van der Waals surface area contributed by atoms with Gasteiger partial charge in [-0.2, -0.15) is 0 Å². The lowest BCUT2D eigenvalue weighted by Crippen LogP contribution is -1.97. The minimum atomic E-state index is 1.17. The van der Waals surface area contributed by atoms with Gasteiger partial charge in [0.15, 0.2) is 0 Å². The molecule has 0 aliphatic heterocycles. The average Bonchev–Trinajstić information content (AvgIpc) is 3.72. The highest BCUT2D eigenvalue weighted by Gasteiger charge is 2.20. The lowest BCUT2D eigenvalue weighted by molar-refractivity contribution is 1.16. The van der Waals surface area contributed by atoms with Gasteiger partial charge in [0.25, 0.3) is 0 Å². The average molecular weight is 565 g/mol. The molecule has 10 rings (SSSR count). The van der Waals surface area contributed by atoms with Crippen LogP contribution in [0.2, 0.25) is 0 Å². The predicted octanol–water partition coefficient (Wildman–Crippen LogP) is 11.4. The molecule has 0 fully saturated rings. The fourth-order valence-corrected chi connectivity index (χ4v) is 8.52. The topological polar surface area (TPSA) is 9.86 Å². The minimum absolute atomic E-state index is 1.17. The van der Waals surface area contributed by atoms with E-state index < -0.39 is 0 Å². The lowest BCUT2D eigenvalue weighted by atomic mass is 10.0. The Kier molecular flexibility index (Phi) is 4.63. The van der Waals surface area contributed by atoms with Crippen molar-refractivity contribution < 1.29 is 0 Å². The number of aromatic nitrogens is 2. The summed E-state index contributed by atoms with van der Waals surface area (Å²) in [6, 6.07) is 53.4. The molecular formula is C40H24N2S. The van der Waals surface area contributed by atoms with Crippen LogP contribution >= 0.6 is 11.3 Å². The number of fused-ring (bicyclic) bond motifs is 12. The van der Waals surface area contributed by atoms with E-state index in [1.165, 1.54) is 85.9 Å². The van der Waals surface area contributed by atoms with Gasteiger partial charge in [0.1, 0.15) is 0 Å². The summed E-state index contributed by atoms with van der Waals surface area (Å²) >= 11 is 1.91. The zero-order valence-electron chi connectivity index (χ0n) is 23.2. The normalized spacial score (nSPS) is 12.2. The largest absolute Gasteiger partial charge is 0.309 e. The summed E-state index contributed by atoms with van der Waals surface area (Å²) in [5.41, 5.74) is 7.28. The molecule has 0 aliphatic carbocycles. The van der Waals surface area contributed by atoms with Gasteiger partial charge in [0.2, 0.25) is 0 Å². The summed E-state index contributed by atoms with van der Waals surface area (Å²) < 4.78 is 7.60. The van der Waals surface area contributed by atoms with Gasteiger partial charge in [-0.1, -0.05) is 103 Å². The summed E-state index contributed by atoms with van der Waals surface area (Å²) in [6.45, 7) is 0. The number of hydrogen-bond acceptors (Lipinski definition) is 1. The third kappa shape index (κ3) is 3.12. The Labute approximate surface area is 251 Å². The van der Waals surface area contributed by atoms with Crippen molar-refractivity contribution in [1.82, 2.24) is 9.13 Å². The van der Waals surface area contributed by atoms with Crippen molar-refractivity contribution in [3.8, 4) is 11.4 Å². The van der Waals surface area contributed by atoms with Crippen molar-refractivity contribution in [2.24, 2.45) is 0 Å². The number of para-hydroxylation sites is 3. The highest BCUT2D eigenvalue weighted by Crippen LogP contribution is 2.44. The van der Waals surface area contributed by atoms with Crippen LogP contribution in [-0.2, 0) is 0 Å². The molecular weight excluding hydrogens is 541 g/mol. The monoisotopic (exact) mass is 564 g/mol. The van der Waals surface area contributed by atoms with E-state index in [0.29, 0.717) is 0 Å². The predicted molar refractivity (Wildman–Crippen MR) is 186 cm³/mol. The summed E-state index contributed by atoms with van der Waals surface area (Å²) in [6.07, 6.45) is 0. The van der Waals surface area contributed by atoms with E-state index in [1.807, 2.05) is 11.3 Å². The van der Waals surface area contributed by atoms with Crippen LogP contribution in [0.3, 0.4) is 0 Å². The smallest absolute Gasteiger partial charge is 0.0633 e. The molecule has 0 spiro atoms. The molecule has 2 nitrogen and oxygen atoms in total. The molecule has 3 aromatic heterocycles. The molecule has 0 radical (unpaired) electrons. The molecule has 0 unspecified atom stereocenters. The Balaban J connectivity index is 1.39. The molecule has 0 amide bonds. The van der Waals surface area contributed by atoms with E-state index in [1.54, 1.807) is 0 Å². The number of nitrogens with zero attached hydrogens (tertiary/aromatic N) is 2. The fraction of sp³-hybridized carbons (Fsp3) is 0. The Bertz CT molecular complexity index is 2670. The van der Waals surface area contributed by atoms with Crippen molar-refractivity contribution in [2.45, 2.75) is 0 Å². The van der Waals surface area contributed by atoms with Gasteiger partial charge in [0, 0.05) is 58.5 Å². The quantitative estimate of drug-likeness (QED) is 0.198. The van der Waals surface area contributed by atoms with Crippen molar-refractivity contribution >= 4 is 85.9 Å². The zero-order valence-corrected chi connectivity index (χ0v) is 24.0. The minimum Gasteiger partial charge on any atom is -0.309 e. The molecule has 200 valence electrons. The third-order valence-electron chi connectivity index (χ3n) is 9.09. The zero-order chi connectivity index (χ0) is 28.1. The van der Waals surface area contributed by atoms with Gasteiger partial charge in [-0.3, -0.25) is 0 Å². The first-order valence-electron chi connectivity index (χ1n) is 14.7. The molecule has 0 saturated carbocycles. The molecule has 0 atom stereocenters. The number of thiophene rings is 1. The molecule has 7 aromatic carbocycles. The van der Waals surface area contributed by atoms with Crippen molar-refractivity contribution in [3.05, 3.63) is 146 Å². The molecule has 43 heavy (non-hydrogen) atoms. The van der Waals surface area contributed by atoms with Crippen molar-refractivity contribution in [2.75, 3.05) is 0 Å². The first-order chi connectivity index (χ1) is 21.3. The Morgan fingerprint density at radius 1 is 0.395 bits per heavy atom. The fourth-order valence-electron chi connectivity index (χ4n) is 7.26. The SMILES string of the molecule is c1ccc(-n2c3cc(-n4c5ccccc5c5ccccc54)ccc3c3ccc4ccc5c6ccccc6sc5c4c32)cc1. The Morgan fingerprint density at radius 3 is 1.77 bits per heavy atom. The standard InChI is InChI=1S/C40H24N2S/c1-2-10-26(11-3-1)42-36-24-27(41-34-15-7-4-12-28(34)29-13-5-8-16-35(29)41)20-23-30(36)32-21-18-25-19-22-33-31-14-6-9-17-37(31)43-40(33)38(25)39(32)42/h1-24H. The second kappa shape index (κ2) is 8.57.